The minimum atomic E-state index is 0.560. The van der Waals surface area contributed by atoms with Crippen molar-refractivity contribution in [1.29, 1.82) is 0 Å². The Morgan fingerprint density at radius 2 is 2.40 bits per heavy atom. The Balaban J connectivity index is 2.01. The third-order valence-corrected chi connectivity index (χ3v) is 3.44. The Hall–Kier alpha value is -0.540. The van der Waals surface area contributed by atoms with Crippen LogP contribution in [0.1, 0.15) is 25.5 Å². The third-order valence-electron chi connectivity index (χ3n) is 3.07. The molecule has 1 unspecified atom stereocenters. The minimum absolute atomic E-state index is 0.560. The maximum Gasteiger partial charge on any atom is 0.0814 e. The van der Waals surface area contributed by atoms with Gasteiger partial charge in [0, 0.05) is 6.04 Å². The summed E-state index contributed by atoms with van der Waals surface area (Å²) in [6.07, 6.45) is 4.43. The van der Waals surface area contributed by atoms with Gasteiger partial charge in [-0.2, -0.15) is 5.10 Å². The van der Waals surface area contributed by atoms with Crippen LogP contribution < -0.4 is 5.32 Å². The van der Waals surface area contributed by atoms with E-state index in [1.54, 1.807) is 6.20 Å². The summed E-state index contributed by atoms with van der Waals surface area (Å²) in [4.78, 5) is 0. The highest BCUT2D eigenvalue weighted by Crippen LogP contribution is 2.33. The van der Waals surface area contributed by atoms with Crippen LogP contribution in [0.4, 0.5) is 0 Å². The van der Waals surface area contributed by atoms with Crippen molar-refractivity contribution in [2.45, 2.75) is 39.3 Å². The van der Waals surface area contributed by atoms with Crippen molar-refractivity contribution in [3.8, 4) is 0 Å². The Kier molecular flexibility index (Phi) is 3.32. The predicted octanol–water partition coefficient (Wildman–Crippen LogP) is 2.23. The third kappa shape index (κ3) is 2.52. The summed E-state index contributed by atoms with van der Waals surface area (Å²) < 4.78 is 2.01. The molecule has 0 bridgehead atoms. The van der Waals surface area contributed by atoms with E-state index in [1.807, 2.05) is 11.6 Å². The summed E-state index contributed by atoms with van der Waals surface area (Å²) in [7, 11) is 0. The number of hydrogen-bond donors (Lipinski definition) is 1. The van der Waals surface area contributed by atoms with Gasteiger partial charge in [-0.25, -0.2) is 0 Å². The van der Waals surface area contributed by atoms with E-state index in [1.165, 1.54) is 12.8 Å². The maximum absolute atomic E-state index is 5.98. The normalized spacial score (nSPS) is 18.1. The highest BCUT2D eigenvalue weighted by atomic mass is 35.5. The second-order valence-corrected chi connectivity index (χ2v) is 4.67. The zero-order valence-corrected chi connectivity index (χ0v) is 10.1. The molecule has 0 amide bonds. The maximum atomic E-state index is 5.98. The van der Waals surface area contributed by atoms with Crippen LogP contribution in [-0.4, -0.2) is 22.4 Å². The topological polar surface area (TPSA) is 29.9 Å². The van der Waals surface area contributed by atoms with Crippen LogP contribution in [0.25, 0.3) is 0 Å². The molecule has 2 rings (SSSR count). The fourth-order valence-electron chi connectivity index (χ4n) is 1.94. The highest BCUT2D eigenvalue weighted by Gasteiger charge is 2.31. The van der Waals surface area contributed by atoms with Gasteiger partial charge in [0.25, 0.3) is 0 Å². The van der Waals surface area contributed by atoms with Crippen molar-refractivity contribution in [2.75, 3.05) is 6.54 Å². The van der Waals surface area contributed by atoms with E-state index >= 15 is 0 Å². The van der Waals surface area contributed by atoms with Gasteiger partial charge >= 0.3 is 0 Å². The average molecular weight is 228 g/mol. The molecule has 1 N–H and O–H groups in total. The molecular weight excluding hydrogens is 210 g/mol. The molecule has 0 spiro atoms. The SMILES string of the molecule is CCNC(Cn1ncc(Cl)c1C)C1CC1. The van der Waals surface area contributed by atoms with Crippen molar-refractivity contribution < 1.29 is 0 Å². The average Bonchev–Trinajstić information content (AvgIpc) is 3.00. The first kappa shape index (κ1) is 11.0. The van der Waals surface area contributed by atoms with Crippen LogP contribution in [0.2, 0.25) is 5.02 Å². The second kappa shape index (κ2) is 4.54. The molecular formula is C11H18ClN3. The number of nitrogens with zero attached hydrogens (tertiary/aromatic N) is 2. The zero-order valence-electron chi connectivity index (χ0n) is 9.33. The summed E-state index contributed by atoms with van der Waals surface area (Å²) in [5.41, 5.74) is 1.07. The van der Waals surface area contributed by atoms with E-state index < -0.39 is 0 Å². The number of likely N-dealkylation sites (N-methyl/N-ethyl adjacent to an activating group) is 1. The van der Waals surface area contributed by atoms with Crippen LogP contribution in [-0.2, 0) is 6.54 Å². The summed E-state index contributed by atoms with van der Waals surface area (Å²) in [5, 5.41) is 8.58. The Morgan fingerprint density at radius 3 is 2.87 bits per heavy atom. The zero-order chi connectivity index (χ0) is 10.8. The first-order valence-corrected chi connectivity index (χ1v) is 6.01. The van der Waals surface area contributed by atoms with Crippen LogP contribution >= 0.6 is 11.6 Å². The molecule has 1 aromatic heterocycles. The van der Waals surface area contributed by atoms with Crippen LogP contribution in [0.3, 0.4) is 0 Å². The lowest BCUT2D eigenvalue weighted by molar-refractivity contribution is 0.393. The van der Waals surface area contributed by atoms with E-state index in [-0.39, 0.29) is 0 Å². The van der Waals surface area contributed by atoms with Gasteiger partial charge in [-0.15, -0.1) is 0 Å². The van der Waals surface area contributed by atoms with Crippen molar-refractivity contribution in [2.24, 2.45) is 5.92 Å². The van der Waals surface area contributed by atoms with Gasteiger partial charge in [-0.3, -0.25) is 4.68 Å². The second-order valence-electron chi connectivity index (χ2n) is 4.26. The fraction of sp³-hybridized carbons (Fsp3) is 0.727. The Bertz CT molecular complexity index is 331. The van der Waals surface area contributed by atoms with Crippen LogP contribution in [0.15, 0.2) is 6.20 Å². The molecule has 15 heavy (non-hydrogen) atoms. The van der Waals surface area contributed by atoms with Crippen LogP contribution in [0.5, 0.6) is 0 Å². The number of hydrogen-bond acceptors (Lipinski definition) is 2. The van der Waals surface area contributed by atoms with Gasteiger partial charge in [-0.05, 0) is 32.2 Å². The molecule has 1 aromatic rings. The number of halogens is 1. The van der Waals surface area contributed by atoms with Crippen molar-refractivity contribution >= 4 is 11.6 Å². The van der Waals surface area contributed by atoms with Gasteiger partial charge in [-0.1, -0.05) is 18.5 Å². The van der Waals surface area contributed by atoms with E-state index in [0.717, 1.165) is 29.7 Å². The molecule has 1 saturated carbocycles. The summed E-state index contributed by atoms with van der Waals surface area (Å²) in [5.74, 6) is 0.840. The number of rotatable bonds is 5. The van der Waals surface area contributed by atoms with E-state index in [2.05, 4.69) is 17.3 Å². The molecule has 84 valence electrons. The van der Waals surface area contributed by atoms with E-state index in [0.29, 0.717) is 6.04 Å². The molecule has 4 heteroatoms. The standard InChI is InChI=1S/C11H18ClN3/c1-3-13-11(9-4-5-9)7-15-8(2)10(12)6-14-15/h6,9,11,13H,3-5,7H2,1-2H3. The number of aromatic nitrogens is 2. The predicted molar refractivity (Wildman–Crippen MR) is 62.2 cm³/mol. The molecule has 3 nitrogen and oxygen atoms in total. The molecule has 1 aliphatic rings. The lowest BCUT2D eigenvalue weighted by Gasteiger charge is -2.18. The highest BCUT2D eigenvalue weighted by molar-refractivity contribution is 6.31. The monoisotopic (exact) mass is 227 g/mol. The van der Waals surface area contributed by atoms with Gasteiger partial charge in [0.15, 0.2) is 0 Å². The molecule has 0 aromatic carbocycles. The van der Waals surface area contributed by atoms with Crippen molar-refractivity contribution in [3.63, 3.8) is 0 Å². The summed E-state index contributed by atoms with van der Waals surface area (Å²) in [6, 6.07) is 0.560. The first-order chi connectivity index (χ1) is 7.22. The van der Waals surface area contributed by atoms with Gasteiger partial charge in [0.2, 0.25) is 0 Å². The fourth-order valence-corrected chi connectivity index (χ4v) is 2.08. The lowest BCUT2D eigenvalue weighted by atomic mass is 10.2. The number of nitrogens with one attached hydrogen (secondary N) is 1. The van der Waals surface area contributed by atoms with Crippen molar-refractivity contribution in [3.05, 3.63) is 16.9 Å². The molecule has 0 saturated heterocycles. The Labute approximate surface area is 95.8 Å². The van der Waals surface area contributed by atoms with Crippen molar-refractivity contribution in [1.82, 2.24) is 15.1 Å². The molecule has 0 aliphatic heterocycles. The van der Waals surface area contributed by atoms with Gasteiger partial charge in [0.05, 0.1) is 23.5 Å². The molecule has 1 aliphatic carbocycles. The molecule has 0 radical (unpaired) electrons. The smallest absolute Gasteiger partial charge is 0.0814 e. The van der Waals surface area contributed by atoms with E-state index in [9.17, 15) is 0 Å². The summed E-state index contributed by atoms with van der Waals surface area (Å²) in [6.45, 7) is 6.13. The van der Waals surface area contributed by atoms with E-state index in [4.69, 9.17) is 11.6 Å². The quantitative estimate of drug-likeness (QED) is 0.836. The first-order valence-electron chi connectivity index (χ1n) is 5.63. The Morgan fingerprint density at radius 1 is 1.67 bits per heavy atom. The molecule has 1 heterocycles. The van der Waals surface area contributed by atoms with Gasteiger partial charge < -0.3 is 5.32 Å². The molecule has 1 atom stereocenters. The largest absolute Gasteiger partial charge is 0.312 e. The summed E-state index contributed by atoms with van der Waals surface area (Å²) >= 11 is 5.98. The minimum Gasteiger partial charge on any atom is -0.312 e. The van der Waals surface area contributed by atoms with Crippen LogP contribution in [0, 0.1) is 12.8 Å². The molecule has 1 fully saturated rings. The lowest BCUT2D eigenvalue weighted by Crippen LogP contribution is -2.35. The van der Waals surface area contributed by atoms with Gasteiger partial charge in [0.1, 0.15) is 0 Å².